The van der Waals surface area contributed by atoms with E-state index >= 15 is 0 Å². The van der Waals surface area contributed by atoms with Crippen molar-refractivity contribution in [3.63, 3.8) is 0 Å². The number of piperazine rings is 1. The second-order valence-corrected chi connectivity index (χ2v) is 11.4. The Labute approximate surface area is 229 Å². The van der Waals surface area contributed by atoms with Gasteiger partial charge < -0.3 is 19.6 Å². The number of aliphatic hydroxyl groups excluding tert-OH is 1. The number of carbonyl (C=O) groups is 1. The zero-order valence-corrected chi connectivity index (χ0v) is 22.3. The van der Waals surface area contributed by atoms with E-state index in [4.69, 9.17) is 27.9 Å². The number of aromatic nitrogens is 1. The first-order chi connectivity index (χ1) is 17.2. The molecule has 13 heteroatoms. The van der Waals surface area contributed by atoms with Crippen molar-refractivity contribution >= 4 is 61.3 Å². The molecule has 4 rings (SSSR count). The number of halogens is 2. The number of amides is 1. The molecule has 2 N–H and O–H groups in total. The van der Waals surface area contributed by atoms with Crippen molar-refractivity contribution in [3.8, 4) is 5.75 Å². The third kappa shape index (κ3) is 5.87. The number of carbonyl (C=O) groups excluding carboxylic acids is 1. The van der Waals surface area contributed by atoms with Crippen molar-refractivity contribution in [2.45, 2.75) is 24.0 Å². The number of nitrogens with zero attached hydrogens (tertiary/aromatic N) is 3. The zero-order chi connectivity index (χ0) is 25.9. The summed E-state index contributed by atoms with van der Waals surface area (Å²) >= 11 is 13.4. The molecule has 200 valence electrons. The molecular weight excluding hydrogens is 547 g/mol. The molecule has 3 aromatic rings. The maximum Gasteiger partial charge on any atom is 0.263 e. The third-order valence-electron chi connectivity index (χ3n) is 5.71. The molecule has 0 spiro atoms. The Balaban J connectivity index is 0.00000380. The summed E-state index contributed by atoms with van der Waals surface area (Å²) in [6.07, 6.45) is 0.684. The summed E-state index contributed by atoms with van der Waals surface area (Å²) < 4.78 is 33.4. The molecule has 2 heterocycles. The Bertz CT molecular complexity index is 1330. The number of aliphatic hydroxyl groups is 1. The highest BCUT2D eigenvalue weighted by Crippen LogP contribution is 2.32. The van der Waals surface area contributed by atoms with Crippen LogP contribution in [-0.2, 0) is 14.8 Å². The fraction of sp³-hybridized carbons (Fsp3) is 0.304. The molecule has 1 aliphatic rings. The van der Waals surface area contributed by atoms with Crippen LogP contribution in [0, 0.1) is 0 Å². The number of ether oxygens (including phenoxy) is 1. The van der Waals surface area contributed by atoms with Crippen LogP contribution >= 0.6 is 34.5 Å². The number of thiazole rings is 1. The van der Waals surface area contributed by atoms with Gasteiger partial charge in [0.1, 0.15) is 10.8 Å². The summed E-state index contributed by atoms with van der Waals surface area (Å²) in [5.74, 6) is 0.0306. The first kappa shape index (κ1) is 26.5. The smallest absolute Gasteiger partial charge is 0.263 e. The quantitative estimate of drug-likeness (QED) is 0.398. The van der Waals surface area contributed by atoms with Crippen LogP contribution in [0.25, 0.3) is 0 Å². The molecule has 0 aliphatic carbocycles. The second-order valence-electron chi connectivity index (χ2n) is 8.06. The normalized spacial score (nSPS) is 17.1. The average molecular weight is 580 g/mol. The number of sulfonamides is 1. The van der Waals surface area contributed by atoms with E-state index in [9.17, 15) is 18.3 Å². The molecule has 0 unspecified atom stereocenters. The summed E-state index contributed by atoms with van der Waals surface area (Å²) in [5.41, 5.74) is 0.781. The maximum absolute atomic E-state index is 13.1. The summed E-state index contributed by atoms with van der Waals surface area (Å²) in [6.45, 7) is 2.61. The number of rotatable bonds is 8. The minimum atomic E-state index is -3.75. The lowest BCUT2D eigenvalue weighted by Crippen LogP contribution is -2.59. The summed E-state index contributed by atoms with van der Waals surface area (Å²) in [5, 5.41) is 12.5. The Morgan fingerprint density at radius 3 is 2.69 bits per heavy atom. The summed E-state index contributed by atoms with van der Waals surface area (Å²) in [4.78, 5) is 20.8. The van der Waals surface area contributed by atoms with E-state index in [-0.39, 0.29) is 28.1 Å². The lowest BCUT2D eigenvalue weighted by Gasteiger charge is -2.42. The van der Waals surface area contributed by atoms with Gasteiger partial charge in [0, 0.05) is 42.6 Å². The Morgan fingerprint density at radius 2 is 2.03 bits per heavy atom. The van der Waals surface area contributed by atoms with Gasteiger partial charge in [0.2, 0.25) is 0 Å². The molecule has 36 heavy (non-hydrogen) atoms. The van der Waals surface area contributed by atoms with Gasteiger partial charge in [-0.2, -0.15) is 0 Å². The first-order valence-electron chi connectivity index (χ1n) is 11.0. The first-order valence-corrected chi connectivity index (χ1v) is 14.1. The average Bonchev–Trinajstić information content (AvgIpc) is 3.38. The van der Waals surface area contributed by atoms with E-state index < -0.39 is 22.2 Å². The van der Waals surface area contributed by atoms with Gasteiger partial charge in [-0.05, 0) is 43.3 Å². The number of hydrogen-bond donors (Lipinski definition) is 2. The fourth-order valence-corrected chi connectivity index (χ4v) is 5.99. The highest BCUT2D eigenvalue weighted by molar-refractivity contribution is 7.93. The molecule has 9 nitrogen and oxygen atoms in total. The van der Waals surface area contributed by atoms with Gasteiger partial charge in [-0.25, -0.2) is 13.4 Å². The van der Waals surface area contributed by atoms with Gasteiger partial charge in [-0.15, -0.1) is 11.3 Å². The topological polar surface area (TPSA) is 112 Å². The molecule has 0 bridgehead atoms. The van der Waals surface area contributed by atoms with Crippen LogP contribution in [0.4, 0.5) is 10.8 Å². The van der Waals surface area contributed by atoms with Gasteiger partial charge in [-0.3, -0.25) is 9.52 Å². The number of nitrogens with one attached hydrogen (secondary N) is 1. The van der Waals surface area contributed by atoms with E-state index in [0.29, 0.717) is 35.5 Å². The number of benzene rings is 2. The van der Waals surface area contributed by atoms with Gasteiger partial charge >= 0.3 is 0 Å². The maximum atomic E-state index is 13.1. The van der Waals surface area contributed by atoms with E-state index in [0.717, 1.165) is 5.69 Å². The fourth-order valence-electron chi connectivity index (χ4n) is 3.87. The van der Waals surface area contributed by atoms with Crippen molar-refractivity contribution in [2.24, 2.45) is 0 Å². The molecule has 1 fully saturated rings. The van der Waals surface area contributed by atoms with E-state index in [1.165, 1.54) is 29.7 Å². The summed E-state index contributed by atoms with van der Waals surface area (Å²) in [7, 11) is -3.75. The van der Waals surface area contributed by atoms with Crippen molar-refractivity contribution in [3.05, 3.63) is 64.1 Å². The van der Waals surface area contributed by atoms with E-state index in [1.54, 1.807) is 47.5 Å². The lowest BCUT2D eigenvalue weighted by atomic mass is 10.1. The molecule has 1 aromatic heterocycles. The Hall–Kier alpha value is -2.57. The van der Waals surface area contributed by atoms with Gasteiger partial charge in [0.25, 0.3) is 15.9 Å². The third-order valence-corrected chi connectivity index (χ3v) is 8.68. The van der Waals surface area contributed by atoms with Gasteiger partial charge in [0.15, 0.2) is 11.2 Å². The van der Waals surface area contributed by atoms with E-state index in [2.05, 4.69) is 9.71 Å². The predicted molar refractivity (Wildman–Crippen MR) is 149 cm³/mol. The lowest BCUT2D eigenvalue weighted by molar-refractivity contribution is -0.141. The van der Waals surface area contributed by atoms with Crippen molar-refractivity contribution < 1.29 is 28.8 Å². The monoisotopic (exact) mass is 578 g/mol. The summed E-state index contributed by atoms with van der Waals surface area (Å²) in [6, 6.07) is 10.9. The SMILES string of the molecule is C[C@@H](Oc1cccc(Cl)c1Cl)C(=O)N1CCN(c2ccc(S(=O)(=O)Nc3nccs3)cc2)C[C@@H]1CO.[HH].[HH].[HH].[HH]. The molecule has 2 aromatic carbocycles. The van der Waals surface area contributed by atoms with Crippen LogP contribution in [0.1, 0.15) is 12.6 Å². The molecule has 2 atom stereocenters. The minimum Gasteiger partial charge on any atom is -0.479 e. The van der Waals surface area contributed by atoms with Crippen LogP contribution in [0.15, 0.2) is 58.9 Å². The Kier molecular flexibility index (Phi) is 8.26. The Morgan fingerprint density at radius 1 is 1.28 bits per heavy atom. The molecule has 1 amide bonds. The van der Waals surface area contributed by atoms with Crippen LogP contribution in [0.3, 0.4) is 0 Å². The highest BCUT2D eigenvalue weighted by Gasteiger charge is 2.33. The number of anilines is 2. The van der Waals surface area contributed by atoms with Crippen LogP contribution in [0.5, 0.6) is 5.75 Å². The zero-order valence-electron chi connectivity index (χ0n) is 19.2. The second kappa shape index (κ2) is 11.2. The minimum absolute atomic E-state index is 0. The molecule has 1 saturated heterocycles. The highest BCUT2D eigenvalue weighted by atomic mass is 35.5. The van der Waals surface area contributed by atoms with Gasteiger partial charge in [0.05, 0.1) is 22.6 Å². The largest absolute Gasteiger partial charge is 0.479 e. The predicted octanol–water partition coefficient (Wildman–Crippen LogP) is 4.71. The molecule has 1 aliphatic heterocycles. The molecule has 0 saturated carbocycles. The van der Waals surface area contributed by atoms with Crippen molar-refractivity contribution in [1.29, 1.82) is 0 Å². The van der Waals surface area contributed by atoms with Crippen LogP contribution in [-0.4, -0.2) is 67.7 Å². The standard InChI is InChI=1S/C23H24Cl2N4O5S2.4H2/c1-15(34-20-4-2-3-19(24)21(20)25)22(31)29-11-10-28(13-17(29)14-30)16-5-7-18(8-6-16)36(32,33)27-23-26-9-12-35-23;;;;/h2-9,12,15,17,30H,10-11,13-14H2,1H3,(H,26,27);4*1H/t15-,17-;;;;/m1..../s1. The van der Waals surface area contributed by atoms with Crippen molar-refractivity contribution in [1.82, 2.24) is 9.88 Å². The van der Waals surface area contributed by atoms with E-state index in [1.807, 2.05) is 4.90 Å². The van der Waals surface area contributed by atoms with Gasteiger partial charge in [-0.1, -0.05) is 29.3 Å². The van der Waals surface area contributed by atoms with Crippen LogP contribution in [0.2, 0.25) is 10.0 Å². The van der Waals surface area contributed by atoms with Crippen molar-refractivity contribution in [2.75, 3.05) is 35.9 Å². The molecular formula is C23H32Cl2N4O5S2. The molecule has 0 radical (unpaired) electrons. The number of hydrogen-bond acceptors (Lipinski definition) is 8. The van der Waals surface area contributed by atoms with Crippen LogP contribution < -0.4 is 14.4 Å².